The summed E-state index contributed by atoms with van der Waals surface area (Å²) < 4.78 is 59.5. The third kappa shape index (κ3) is 10.2. The molecule has 2 N–H and O–H groups in total. The Morgan fingerprint density at radius 3 is 1.21 bits per heavy atom. The van der Waals surface area contributed by atoms with Crippen LogP contribution in [0.5, 0.6) is 0 Å². The van der Waals surface area contributed by atoms with Gasteiger partial charge in [-0.2, -0.15) is 16.8 Å². The summed E-state index contributed by atoms with van der Waals surface area (Å²) in [5.74, 6) is -0.587. The fourth-order valence-electron chi connectivity index (χ4n) is 1.73. The second kappa shape index (κ2) is 8.25. The molecule has 0 atom stereocenters. The number of nitrogens with zero attached hydrogens (tertiary/aromatic N) is 2. The summed E-state index contributed by atoms with van der Waals surface area (Å²) >= 11 is 0. The van der Waals surface area contributed by atoms with E-state index in [1.165, 1.54) is 0 Å². The molecule has 0 aromatic heterocycles. The van der Waals surface area contributed by atoms with Gasteiger partial charge in [-0.25, -0.2) is 0 Å². The maximum atomic E-state index is 10.6. The quantitative estimate of drug-likeness (QED) is 0.425. The molecule has 0 spiro atoms. The van der Waals surface area contributed by atoms with Gasteiger partial charge in [-0.05, 0) is 0 Å². The zero-order chi connectivity index (χ0) is 13.8. The average molecular weight is 325 g/mol. The van der Waals surface area contributed by atoms with Crippen molar-refractivity contribution in [1.82, 2.24) is 9.80 Å². The molecule has 0 bridgehead atoms. The third-order valence-corrected chi connectivity index (χ3v) is 4.19. The van der Waals surface area contributed by atoms with Gasteiger partial charge in [0.2, 0.25) is 0 Å². The monoisotopic (exact) mass is 325 g/mol. The van der Waals surface area contributed by atoms with Crippen molar-refractivity contribution >= 4 is 49.8 Å². The van der Waals surface area contributed by atoms with E-state index >= 15 is 0 Å². The first-order valence-corrected chi connectivity index (χ1v) is 8.72. The van der Waals surface area contributed by atoms with Crippen LogP contribution < -0.4 is 0 Å². The van der Waals surface area contributed by atoms with E-state index in [9.17, 15) is 16.8 Å². The summed E-state index contributed by atoms with van der Waals surface area (Å²) in [5, 5.41) is 0. The molecule has 0 aromatic rings. The molecule has 109 valence electrons. The first kappa shape index (κ1) is 19.7. The molecule has 0 unspecified atom stereocenters. The van der Waals surface area contributed by atoms with E-state index in [0.29, 0.717) is 26.2 Å². The Balaban J connectivity index is 0.00000324. The normalized spacial score (nSPS) is 19.1. The fourth-order valence-corrected chi connectivity index (χ4v) is 2.70. The SMILES string of the molecule is O=S(=O)(O)CCN1CCN(CCS(=O)(=O)O)CC1.[Na]. The predicted octanol–water partition coefficient (Wildman–Crippen LogP) is -2.00. The molecular formula is C8H18N2NaO6S2. The van der Waals surface area contributed by atoms with Crippen LogP contribution in [0.2, 0.25) is 0 Å². The van der Waals surface area contributed by atoms with E-state index in [2.05, 4.69) is 0 Å². The second-order valence-corrected chi connectivity index (χ2v) is 7.40. The van der Waals surface area contributed by atoms with Gasteiger partial charge in [0.05, 0.1) is 11.5 Å². The number of hydrogen-bond acceptors (Lipinski definition) is 6. The van der Waals surface area contributed by atoms with Crippen LogP contribution in [-0.2, 0) is 20.2 Å². The van der Waals surface area contributed by atoms with Crippen molar-refractivity contribution in [3.05, 3.63) is 0 Å². The molecule has 1 heterocycles. The molecule has 1 radical (unpaired) electrons. The standard InChI is InChI=1S/C8H18N2O6S2.Na/c11-17(12,13)7-5-9-1-2-10(4-3-9)6-8-18(14,15)16;/h1-8H2,(H,11,12,13)(H,14,15,16);. The van der Waals surface area contributed by atoms with Gasteiger partial charge in [0, 0.05) is 68.8 Å². The Hall–Kier alpha value is 0.740. The molecule has 1 aliphatic rings. The number of piperazine rings is 1. The van der Waals surface area contributed by atoms with E-state index in [0.717, 1.165) is 0 Å². The molecule has 0 aliphatic carbocycles. The average Bonchev–Trinajstić information content (AvgIpc) is 2.23. The summed E-state index contributed by atoms with van der Waals surface area (Å²) in [4.78, 5) is 3.77. The van der Waals surface area contributed by atoms with Crippen LogP contribution >= 0.6 is 0 Å². The van der Waals surface area contributed by atoms with Gasteiger partial charge >= 0.3 is 0 Å². The summed E-state index contributed by atoms with van der Waals surface area (Å²) in [7, 11) is -7.87. The topological polar surface area (TPSA) is 115 Å². The fraction of sp³-hybridized carbons (Fsp3) is 1.00. The van der Waals surface area contributed by atoms with Crippen LogP contribution in [0.4, 0.5) is 0 Å². The van der Waals surface area contributed by atoms with Gasteiger partial charge in [-0.15, -0.1) is 0 Å². The summed E-state index contributed by atoms with van der Waals surface area (Å²) in [6.07, 6.45) is 0. The first-order chi connectivity index (χ1) is 8.16. The minimum Gasteiger partial charge on any atom is -0.300 e. The van der Waals surface area contributed by atoms with E-state index < -0.39 is 20.2 Å². The molecule has 0 saturated carbocycles. The smallest absolute Gasteiger partial charge is 0.266 e. The maximum absolute atomic E-state index is 10.6. The van der Waals surface area contributed by atoms with Crippen molar-refractivity contribution in [2.75, 3.05) is 50.8 Å². The van der Waals surface area contributed by atoms with Gasteiger partial charge < -0.3 is 0 Å². The molecule has 8 nitrogen and oxygen atoms in total. The largest absolute Gasteiger partial charge is 0.300 e. The van der Waals surface area contributed by atoms with Crippen LogP contribution in [0.1, 0.15) is 0 Å². The maximum Gasteiger partial charge on any atom is 0.266 e. The van der Waals surface area contributed by atoms with Crippen LogP contribution in [0, 0.1) is 0 Å². The van der Waals surface area contributed by atoms with Crippen molar-refractivity contribution in [3.63, 3.8) is 0 Å². The Kier molecular flexibility index (Phi) is 8.57. The minimum absolute atomic E-state index is 0. The molecule has 0 aromatic carbocycles. The molecule has 1 saturated heterocycles. The van der Waals surface area contributed by atoms with Crippen LogP contribution in [-0.4, -0.2) is 116 Å². The molecule has 1 fully saturated rings. The second-order valence-electron chi connectivity index (χ2n) is 4.26. The summed E-state index contributed by atoms with van der Waals surface area (Å²) in [6, 6.07) is 0. The predicted molar refractivity (Wildman–Crippen MR) is 71.5 cm³/mol. The van der Waals surface area contributed by atoms with Crippen LogP contribution in [0.15, 0.2) is 0 Å². The molecule has 0 amide bonds. The Morgan fingerprint density at radius 2 is 1.00 bits per heavy atom. The van der Waals surface area contributed by atoms with Gasteiger partial charge in [0.1, 0.15) is 0 Å². The zero-order valence-corrected chi connectivity index (χ0v) is 14.5. The Morgan fingerprint density at radius 1 is 0.737 bits per heavy atom. The van der Waals surface area contributed by atoms with Gasteiger partial charge in [0.15, 0.2) is 0 Å². The van der Waals surface area contributed by atoms with Gasteiger partial charge in [-0.1, -0.05) is 0 Å². The van der Waals surface area contributed by atoms with E-state index in [1.807, 2.05) is 9.80 Å². The Bertz CT molecular complexity index is 414. The third-order valence-electron chi connectivity index (χ3n) is 2.80. The van der Waals surface area contributed by atoms with Crippen molar-refractivity contribution in [2.24, 2.45) is 0 Å². The van der Waals surface area contributed by atoms with Crippen LogP contribution in [0.25, 0.3) is 0 Å². The summed E-state index contributed by atoms with van der Waals surface area (Å²) in [6.45, 7) is 2.99. The molecule has 1 aliphatic heterocycles. The van der Waals surface area contributed by atoms with E-state index in [1.54, 1.807) is 0 Å². The molecule has 11 heteroatoms. The number of hydrogen-bond donors (Lipinski definition) is 2. The summed E-state index contributed by atoms with van der Waals surface area (Å²) in [5.41, 5.74) is 0. The van der Waals surface area contributed by atoms with E-state index in [4.69, 9.17) is 9.11 Å². The molecule has 19 heavy (non-hydrogen) atoms. The van der Waals surface area contributed by atoms with Crippen molar-refractivity contribution < 1.29 is 25.9 Å². The molecule has 1 rings (SSSR count). The van der Waals surface area contributed by atoms with Gasteiger partial charge in [-0.3, -0.25) is 18.9 Å². The van der Waals surface area contributed by atoms with Gasteiger partial charge in [0.25, 0.3) is 20.2 Å². The van der Waals surface area contributed by atoms with E-state index in [-0.39, 0.29) is 54.2 Å². The number of rotatable bonds is 6. The van der Waals surface area contributed by atoms with Crippen molar-refractivity contribution in [2.45, 2.75) is 0 Å². The Labute approximate surface area is 135 Å². The van der Waals surface area contributed by atoms with Crippen LogP contribution in [0.3, 0.4) is 0 Å². The first-order valence-electron chi connectivity index (χ1n) is 5.51. The molecular weight excluding hydrogens is 307 g/mol. The zero-order valence-electron chi connectivity index (χ0n) is 10.9. The van der Waals surface area contributed by atoms with Crippen molar-refractivity contribution in [1.29, 1.82) is 0 Å². The van der Waals surface area contributed by atoms with Crippen molar-refractivity contribution in [3.8, 4) is 0 Å². The minimum atomic E-state index is -3.93.